The summed E-state index contributed by atoms with van der Waals surface area (Å²) in [5.41, 5.74) is 0. The summed E-state index contributed by atoms with van der Waals surface area (Å²) in [4.78, 5) is 0.152. The normalized spacial score (nSPS) is 11.9. The third-order valence-electron chi connectivity index (χ3n) is 2.37. The van der Waals surface area contributed by atoms with Crippen molar-refractivity contribution in [1.82, 2.24) is 0 Å². The molecule has 2 aromatic carbocycles. The molecule has 2 aromatic rings. The summed E-state index contributed by atoms with van der Waals surface area (Å²) in [6.45, 7) is 1.74. The van der Waals surface area contributed by atoms with E-state index in [9.17, 15) is 8.42 Å². The van der Waals surface area contributed by atoms with Crippen molar-refractivity contribution < 1.29 is 12.6 Å². The topological polar surface area (TPSA) is 43.4 Å². The van der Waals surface area contributed by atoms with Crippen LogP contribution in [0.15, 0.2) is 41.3 Å². The largest absolute Gasteiger partial charge is 0.297 e. The van der Waals surface area contributed by atoms with Crippen LogP contribution in [0.5, 0.6) is 0 Å². The van der Waals surface area contributed by atoms with Gasteiger partial charge in [0.1, 0.15) is 4.90 Å². The summed E-state index contributed by atoms with van der Waals surface area (Å²) in [6.07, 6.45) is 0. The van der Waals surface area contributed by atoms with E-state index in [4.69, 9.17) is 15.8 Å². The van der Waals surface area contributed by atoms with Gasteiger partial charge in [0.15, 0.2) is 0 Å². The van der Waals surface area contributed by atoms with Crippen LogP contribution in [0.4, 0.5) is 0 Å². The summed E-state index contributed by atoms with van der Waals surface area (Å²) < 4.78 is 28.6. The van der Waals surface area contributed by atoms with Crippen molar-refractivity contribution in [2.45, 2.75) is 11.8 Å². The van der Waals surface area contributed by atoms with Gasteiger partial charge in [-0.25, -0.2) is 0 Å². The molecular formula is C12H11ClO3S. The number of hydrogen-bond donors (Lipinski definition) is 0. The molecule has 17 heavy (non-hydrogen) atoms. The Balaban J connectivity index is 2.76. The molecule has 0 fully saturated rings. The Morgan fingerprint density at radius 3 is 2.47 bits per heavy atom. The standard InChI is InChI=1S/C12H11ClO3S/c1-2-16-17(14,15)12-8-4-5-9-10(12)6-3-7-11(9)13/h3-8H,2H2,1H3. The minimum atomic E-state index is -3.71. The van der Waals surface area contributed by atoms with Crippen LogP contribution in [0.1, 0.15) is 6.92 Å². The Morgan fingerprint density at radius 2 is 1.76 bits per heavy atom. The van der Waals surface area contributed by atoms with E-state index < -0.39 is 10.1 Å². The van der Waals surface area contributed by atoms with Gasteiger partial charge >= 0.3 is 0 Å². The minimum absolute atomic E-state index is 0.110. The van der Waals surface area contributed by atoms with Gasteiger partial charge in [-0.15, -0.1) is 0 Å². The van der Waals surface area contributed by atoms with Gasteiger partial charge in [-0.2, -0.15) is 8.42 Å². The summed E-state index contributed by atoms with van der Waals surface area (Å²) in [5, 5.41) is 1.81. The second kappa shape index (κ2) is 4.64. The Morgan fingerprint density at radius 1 is 1.12 bits per heavy atom. The number of benzene rings is 2. The van der Waals surface area contributed by atoms with Crippen molar-refractivity contribution in [2.75, 3.05) is 6.61 Å². The lowest BCUT2D eigenvalue weighted by Gasteiger charge is -2.07. The molecule has 5 heteroatoms. The van der Waals surface area contributed by atoms with E-state index in [-0.39, 0.29) is 11.5 Å². The van der Waals surface area contributed by atoms with Gasteiger partial charge in [0.2, 0.25) is 0 Å². The predicted molar refractivity (Wildman–Crippen MR) is 67.8 cm³/mol. The zero-order valence-corrected chi connectivity index (χ0v) is 10.8. The summed E-state index contributed by atoms with van der Waals surface area (Å²) in [5.74, 6) is 0. The monoisotopic (exact) mass is 270 g/mol. The molecule has 0 N–H and O–H groups in total. The van der Waals surface area contributed by atoms with Crippen LogP contribution in [-0.4, -0.2) is 15.0 Å². The van der Waals surface area contributed by atoms with Gasteiger partial charge in [-0.05, 0) is 19.1 Å². The average molecular weight is 271 g/mol. The lowest BCUT2D eigenvalue weighted by molar-refractivity contribution is 0.338. The van der Waals surface area contributed by atoms with E-state index in [1.807, 2.05) is 0 Å². The maximum Gasteiger partial charge on any atom is 0.297 e. The van der Waals surface area contributed by atoms with E-state index in [0.717, 1.165) is 0 Å². The Bertz CT molecular complexity index is 650. The zero-order valence-electron chi connectivity index (χ0n) is 9.18. The molecule has 0 bridgehead atoms. The molecule has 0 atom stereocenters. The molecule has 0 amide bonds. The Kier molecular flexibility index (Phi) is 3.38. The first kappa shape index (κ1) is 12.4. The molecule has 2 rings (SSSR count). The molecule has 0 saturated heterocycles. The number of fused-ring (bicyclic) bond motifs is 1. The smallest absolute Gasteiger partial charge is 0.267 e. The zero-order chi connectivity index (χ0) is 12.5. The number of rotatable bonds is 3. The first-order valence-electron chi connectivity index (χ1n) is 5.13. The van der Waals surface area contributed by atoms with Crippen LogP contribution in [-0.2, 0) is 14.3 Å². The minimum Gasteiger partial charge on any atom is -0.267 e. The Hall–Kier alpha value is -1.10. The third-order valence-corrected chi connectivity index (χ3v) is 4.14. The van der Waals surface area contributed by atoms with Gasteiger partial charge in [0.25, 0.3) is 10.1 Å². The lowest BCUT2D eigenvalue weighted by Crippen LogP contribution is -2.06. The van der Waals surface area contributed by atoms with Crippen molar-refractivity contribution in [3.8, 4) is 0 Å². The summed E-state index contributed by atoms with van der Waals surface area (Å²) in [7, 11) is -3.71. The molecule has 0 heterocycles. The second-order valence-corrected chi connectivity index (χ2v) is 5.44. The fraction of sp³-hybridized carbons (Fsp3) is 0.167. The summed E-state index contributed by atoms with van der Waals surface area (Å²) in [6, 6.07) is 10.1. The highest BCUT2D eigenvalue weighted by atomic mass is 35.5. The van der Waals surface area contributed by atoms with Crippen molar-refractivity contribution in [3.05, 3.63) is 41.4 Å². The molecule has 0 saturated carbocycles. The van der Waals surface area contributed by atoms with Gasteiger partial charge in [-0.1, -0.05) is 35.9 Å². The molecule has 0 aromatic heterocycles. The van der Waals surface area contributed by atoms with Crippen molar-refractivity contribution >= 4 is 32.5 Å². The highest BCUT2D eigenvalue weighted by Crippen LogP contribution is 2.29. The van der Waals surface area contributed by atoms with E-state index >= 15 is 0 Å². The van der Waals surface area contributed by atoms with Crippen LogP contribution in [0, 0.1) is 0 Å². The molecule has 0 spiro atoms. The fourth-order valence-electron chi connectivity index (χ4n) is 1.68. The highest BCUT2D eigenvalue weighted by Gasteiger charge is 2.17. The van der Waals surface area contributed by atoms with Crippen LogP contribution in [0.3, 0.4) is 0 Å². The first-order chi connectivity index (χ1) is 8.06. The maximum absolute atomic E-state index is 11.9. The van der Waals surface area contributed by atoms with Gasteiger partial charge in [-0.3, -0.25) is 4.18 Å². The van der Waals surface area contributed by atoms with Crippen molar-refractivity contribution in [1.29, 1.82) is 0 Å². The lowest BCUT2D eigenvalue weighted by atomic mass is 10.1. The van der Waals surface area contributed by atoms with E-state index in [1.165, 1.54) is 6.07 Å². The van der Waals surface area contributed by atoms with Gasteiger partial charge in [0.05, 0.1) is 6.61 Å². The molecule has 3 nitrogen and oxygen atoms in total. The molecule has 0 aliphatic carbocycles. The molecule has 0 aliphatic heterocycles. The molecular weight excluding hydrogens is 260 g/mol. The molecule has 90 valence electrons. The number of hydrogen-bond acceptors (Lipinski definition) is 3. The maximum atomic E-state index is 11.9. The first-order valence-corrected chi connectivity index (χ1v) is 6.91. The van der Waals surface area contributed by atoms with Crippen molar-refractivity contribution in [2.24, 2.45) is 0 Å². The third kappa shape index (κ3) is 2.29. The fourth-order valence-corrected chi connectivity index (χ4v) is 3.05. The molecule has 0 unspecified atom stereocenters. The quantitative estimate of drug-likeness (QED) is 0.805. The van der Waals surface area contributed by atoms with Crippen LogP contribution in [0.2, 0.25) is 5.02 Å². The Labute approximate surface area is 105 Å². The summed E-state index contributed by atoms with van der Waals surface area (Å²) >= 11 is 6.02. The average Bonchev–Trinajstić information content (AvgIpc) is 2.29. The van der Waals surface area contributed by atoms with Gasteiger partial charge in [0, 0.05) is 15.8 Å². The van der Waals surface area contributed by atoms with Crippen LogP contribution < -0.4 is 0 Å². The molecule has 0 radical (unpaired) electrons. The predicted octanol–water partition coefficient (Wildman–Crippen LogP) is 3.22. The highest BCUT2D eigenvalue weighted by molar-refractivity contribution is 7.87. The number of halogens is 1. The molecule has 0 aliphatic rings. The van der Waals surface area contributed by atoms with Crippen molar-refractivity contribution in [3.63, 3.8) is 0 Å². The van der Waals surface area contributed by atoms with E-state index in [2.05, 4.69) is 0 Å². The van der Waals surface area contributed by atoms with Gasteiger partial charge < -0.3 is 0 Å². The van der Waals surface area contributed by atoms with Crippen LogP contribution >= 0.6 is 11.6 Å². The van der Waals surface area contributed by atoms with E-state index in [0.29, 0.717) is 15.8 Å². The SMILES string of the molecule is CCOS(=O)(=O)c1cccc2c(Cl)cccc12. The van der Waals surface area contributed by atoms with E-state index in [1.54, 1.807) is 37.3 Å². The second-order valence-electron chi connectivity index (χ2n) is 3.45. The van der Waals surface area contributed by atoms with Crippen LogP contribution in [0.25, 0.3) is 10.8 Å².